The highest BCUT2D eigenvalue weighted by Gasteiger charge is 2.38. The first-order chi connectivity index (χ1) is 16.7. The third-order valence-electron chi connectivity index (χ3n) is 5.76. The third kappa shape index (κ3) is 4.41. The highest BCUT2D eigenvalue weighted by molar-refractivity contribution is 7.16. The number of fused-ring (bicyclic) bond motifs is 3. The zero-order valence-electron chi connectivity index (χ0n) is 19.1. The van der Waals surface area contributed by atoms with Gasteiger partial charge in [-0.05, 0) is 31.2 Å². The van der Waals surface area contributed by atoms with Crippen LogP contribution in [0.15, 0.2) is 30.3 Å². The molecule has 0 fully saturated rings. The van der Waals surface area contributed by atoms with Crippen molar-refractivity contribution < 1.29 is 13.9 Å². The van der Waals surface area contributed by atoms with Crippen molar-refractivity contribution in [2.45, 2.75) is 19.4 Å². The van der Waals surface area contributed by atoms with Gasteiger partial charge in [0, 0.05) is 37.6 Å². The highest BCUT2D eigenvalue weighted by atomic mass is 35.5. The number of benzene rings is 1. The molecule has 5 rings (SSSR count). The van der Waals surface area contributed by atoms with Crippen molar-refractivity contribution in [2.24, 2.45) is 0 Å². The summed E-state index contributed by atoms with van der Waals surface area (Å²) in [5.41, 5.74) is 1.77. The first kappa shape index (κ1) is 23.8. The van der Waals surface area contributed by atoms with E-state index in [1.54, 1.807) is 33.7 Å². The van der Waals surface area contributed by atoms with Gasteiger partial charge in [-0.25, -0.2) is 18.9 Å². The van der Waals surface area contributed by atoms with Crippen molar-refractivity contribution in [3.63, 3.8) is 0 Å². The van der Waals surface area contributed by atoms with E-state index in [1.165, 1.54) is 17.4 Å². The summed E-state index contributed by atoms with van der Waals surface area (Å²) in [6.07, 6.45) is 0.516. The van der Waals surface area contributed by atoms with Gasteiger partial charge in [-0.15, -0.1) is 0 Å². The quantitative estimate of drug-likeness (QED) is 0.349. The lowest BCUT2D eigenvalue weighted by Gasteiger charge is -2.35. The highest BCUT2D eigenvalue weighted by Crippen LogP contribution is 2.38. The summed E-state index contributed by atoms with van der Waals surface area (Å²) in [5, 5.41) is 5.80. The second-order valence-corrected chi connectivity index (χ2v) is 10.3. The molecule has 12 heteroatoms. The minimum Gasteiger partial charge on any atom is -0.481 e. The molecule has 0 spiro atoms. The SMILES string of the molecule is Cc1nn2c3c(nc2s1)CCN(C(=O)COc1ccc(N(C)C)nc1Cl)C3c1ccc(Cl)cc1F. The number of ether oxygens (including phenoxy) is 1. The monoisotopic (exact) mass is 534 g/mol. The van der Waals surface area contributed by atoms with Crippen molar-refractivity contribution in [2.75, 3.05) is 32.1 Å². The lowest BCUT2D eigenvalue weighted by Crippen LogP contribution is -2.43. The fraction of sp³-hybridized carbons (Fsp3) is 0.304. The van der Waals surface area contributed by atoms with E-state index in [4.69, 9.17) is 27.9 Å². The number of carbonyl (C=O) groups is 1. The zero-order valence-corrected chi connectivity index (χ0v) is 21.5. The van der Waals surface area contributed by atoms with E-state index in [1.807, 2.05) is 25.9 Å². The molecular weight excluding hydrogens is 514 g/mol. The molecule has 0 radical (unpaired) electrons. The molecule has 1 aliphatic heterocycles. The minimum absolute atomic E-state index is 0.153. The molecule has 1 aromatic carbocycles. The Balaban J connectivity index is 1.49. The van der Waals surface area contributed by atoms with Crippen molar-refractivity contribution in [1.82, 2.24) is 24.5 Å². The number of carbonyl (C=O) groups excluding carboxylic acids is 1. The molecule has 1 aliphatic rings. The van der Waals surface area contributed by atoms with Crippen LogP contribution in [0.3, 0.4) is 0 Å². The molecule has 1 unspecified atom stereocenters. The number of pyridine rings is 1. The van der Waals surface area contributed by atoms with Crippen LogP contribution >= 0.6 is 34.5 Å². The van der Waals surface area contributed by atoms with E-state index < -0.39 is 11.9 Å². The lowest BCUT2D eigenvalue weighted by atomic mass is 9.95. The Kier molecular flexibility index (Phi) is 6.29. The second kappa shape index (κ2) is 9.25. The van der Waals surface area contributed by atoms with Gasteiger partial charge >= 0.3 is 0 Å². The van der Waals surface area contributed by atoms with Gasteiger partial charge in [0.15, 0.2) is 17.5 Å². The average Bonchev–Trinajstić information content (AvgIpc) is 3.33. The minimum atomic E-state index is -0.742. The second-order valence-electron chi connectivity index (χ2n) is 8.31. The Morgan fingerprint density at radius 1 is 1.26 bits per heavy atom. The first-order valence-corrected chi connectivity index (χ1v) is 12.4. The summed E-state index contributed by atoms with van der Waals surface area (Å²) >= 11 is 13.7. The molecule has 0 saturated heterocycles. The fourth-order valence-electron chi connectivity index (χ4n) is 4.16. The Bertz CT molecular complexity index is 1440. The number of aryl methyl sites for hydroxylation is 1. The number of aromatic nitrogens is 4. The number of hydrogen-bond donors (Lipinski definition) is 0. The number of halogens is 3. The predicted molar refractivity (Wildman–Crippen MR) is 133 cm³/mol. The molecule has 0 aliphatic carbocycles. The molecule has 1 atom stereocenters. The van der Waals surface area contributed by atoms with Gasteiger partial charge in [-0.1, -0.05) is 40.6 Å². The molecule has 35 heavy (non-hydrogen) atoms. The summed E-state index contributed by atoms with van der Waals surface area (Å²) in [6, 6.07) is 7.12. The van der Waals surface area contributed by atoms with Crippen LogP contribution in [0.1, 0.15) is 28.0 Å². The van der Waals surface area contributed by atoms with Gasteiger partial charge in [0.05, 0.1) is 11.4 Å². The van der Waals surface area contributed by atoms with Crippen LogP contribution in [-0.4, -0.2) is 57.6 Å². The number of amides is 1. The number of rotatable bonds is 5. The lowest BCUT2D eigenvalue weighted by molar-refractivity contribution is -0.135. The molecule has 0 saturated carbocycles. The van der Waals surface area contributed by atoms with E-state index in [2.05, 4.69) is 15.1 Å². The number of nitrogens with zero attached hydrogens (tertiary/aromatic N) is 6. The van der Waals surface area contributed by atoms with E-state index in [-0.39, 0.29) is 22.7 Å². The topological polar surface area (TPSA) is 75.9 Å². The van der Waals surface area contributed by atoms with E-state index >= 15 is 4.39 Å². The average molecular weight is 535 g/mol. The summed E-state index contributed by atoms with van der Waals surface area (Å²) in [5.74, 6) is 0.116. The Hall–Kier alpha value is -2.95. The van der Waals surface area contributed by atoms with Crippen molar-refractivity contribution >= 4 is 51.2 Å². The molecule has 0 bridgehead atoms. The van der Waals surface area contributed by atoms with Crippen molar-refractivity contribution in [3.8, 4) is 5.75 Å². The number of imidazole rings is 1. The largest absolute Gasteiger partial charge is 0.481 e. The van der Waals surface area contributed by atoms with Crippen LogP contribution < -0.4 is 9.64 Å². The Morgan fingerprint density at radius 3 is 2.77 bits per heavy atom. The maximum atomic E-state index is 15.2. The Labute approximate surface area is 214 Å². The summed E-state index contributed by atoms with van der Waals surface area (Å²) in [7, 11) is 3.70. The van der Waals surface area contributed by atoms with Crippen LogP contribution in [0.4, 0.5) is 10.2 Å². The normalized spacial score (nSPS) is 15.4. The molecule has 4 heterocycles. The van der Waals surface area contributed by atoms with E-state index in [0.29, 0.717) is 40.8 Å². The third-order valence-corrected chi connectivity index (χ3v) is 7.09. The van der Waals surface area contributed by atoms with Crippen LogP contribution in [0.2, 0.25) is 10.2 Å². The summed E-state index contributed by atoms with van der Waals surface area (Å²) in [4.78, 5) is 26.5. The standard InChI is InChI=1S/C23H21Cl2FN6O2S/c1-12-29-32-21-16(27-23(32)35-12)8-9-31(20(21)14-5-4-13(24)10-15(14)26)19(33)11-34-17-6-7-18(30(2)3)28-22(17)25/h4-7,10,20H,8-9,11H2,1-3H3. The predicted octanol–water partition coefficient (Wildman–Crippen LogP) is 4.56. The van der Waals surface area contributed by atoms with E-state index in [9.17, 15) is 4.79 Å². The Morgan fingerprint density at radius 2 is 2.06 bits per heavy atom. The summed E-state index contributed by atoms with van der Waals surface area (Å²) in [6.45, 7) is 1.93. The van der Waals surface area contributed by atoms with Gasteiger partial charge in [-0.3, -0.25) is 4.79 Å². The van der Waals surface area contributed by atoms with E-state index in [0.717, 1.165) is 10.7 Å². The molecule has 182 valence electrons. The molecule has 1 amide bonds. The van der Waals surface area contributed by atoms with Gasteiger partial charge < -0.3 is 14.5 Å². The first-order valence-electron chi connectivity index (χ1n) is 10.8. The van der Waals surface area contributed by atoms with Gasteiger partial charge in [0.1, 0.15) is 22.7 Å². The maximum absolute atomic E-state index is 15.2. The van der Waals surface area contributed by atoms with Gasteiger partial charge in [0.25, 0.3) is 5.91 Å². The smallest absolute Gasteiger partial charge is 0.261 e. The zero-order chi connectivity index (χ0) is 24.9. The fourth-order valence-corrected chi connectivity index (χ4v) is 5.29. The van der Waals surface area contributed by atoms with Crippen LogP contribution in [0.25, 0.3) is 4.96 Å². The number of hydrogen-bond acceptors (Lipinski definition) is 7. The van der Waals surface area contributed by atoms with Crippen molar-refractivity contribution in [3.05, 3.63) is 68.3 Å². The molecule has 4 aromatic rings. The van der Waals surface area contributed by atoms with Gasteiger partial charge in [-0.2, -0.15) is 5.10 Å². The summed E-state index contributed by atoms with van der Waals surface area (Å²) < 4.78 is 22.6. The van der Waals surface area contributed by atoms with Crippen molar-refractivity contribution in [1.29, 1.82) is 0 Å². The van der Waals surface area contributed by atoms with Crippen LogP contribution in [0, 0.1) is 12.7 Å². The van der Waals surface area contributed by atoms with Crippen LogP contribution in [0.5, 0.6) is 5.75 Å². The molecule has 3 aromatic heterocycles. The number of anilines is 1. The van der Waals surface area contributed by atoms with Crippen LogP contribution in [-0.2, 0) is 11.2 Å². The molecule has 0 N–H and O–H groups in total. The van der Waals surface area contributed by atoms with Gasteiger partial charge in [0.2, 0.25) is 4.96 Å². The molecule has 8 nitrogen and oxygen atoms in total. The maximum Gasteiger partial charge on any atom is 0.261 e. The molecular formula is C23H21Cl2FN6O2S.